The predicted octanol–water partition coefficient (Wildman–Crippen LogP) is 2.08. The van der Waals surface area contributed by atoms with E-state index in [1.165, 1.54) is 0 Å². The van der Waals surface area contributed by atoms with Gasteiger partial charge in [-0.1, -0.05) is 6.07 Å². The van der Waals surface area contributed by atoms with Crippen LogP contribution in [0, 0.1) is 18.3 Å². The van der Waals surface area contributed by atoms with E-state index in [0.29, 0.717) is 11.3 Å². The number of likely N-dealkylation sites (tertiary alicyclic amines) is 1. The van der Waals surface area contributed by atoms with E-state index < -0.39 is 0 Å². The van der Waals surface area contributed by atoms with Crippen LogP contribution in [0.1, 0.15) is 30.7 Å². The van der Waals surface area contributed by atoms with Crippen LogP contribution < -0.4 is 0 Å². The van der Waals surface area contributed by atoms with E-state index in [-0.39, 0.29) is 5.92 Å². The van der Waals surface area contributed by atoms with Crippen LogP contribution in [0.2, 0.25) is 0 Å². The summed E-state index contributed by atoms with van der Waals surface area (Å²) in [7, 11) is 3.74. The zero-order valence-electron chi connectivity index (χ0n) is 13.3. The molecule has 3 rings (SSSR count). The number of aryl methyl sites for hydroxylation is 1. The zero-order chi connectivity index (χ0) is 15.0. The van der Waals surface area contributed by atoms with Gasteiger partial charge in [0.15, 0.2) is 0 Å². The maximum atomic E-state index is 12.1. The van der Waals surface area contributed by atoms with E-state index >= 15 is 0 Å². The highest BCUT2D eigenvalue weighted by atomic mass is 16.2. The molecule has 0 radical (unpaired) electrons. The van der Waals surface area contributed by atoms with E-state index in [0.717, 1.165) is 50.3 Å². The van der Waals surface area contributed by atoms with Gasteiger partial charge in [0, 0.05) is 32.3 Å². The standard InChI is InChI=1S/C17H25N3O/c1-13-5-4-6-14(18-13)12-20-9-7-17(8-10-20)11-15(17)16(21)19(2)3/h4-6,15H,7-12H2,1-3H3/t15-/m0/s1. The lowest BCUT2D eigenvalue weighted by Gasteiger charge is -2.32. The first kappa shape index (κ1) is 14.5. The van der Waals surface area contributed by atoms with Gasteiger partial charge in [-0.25, -0.2) is 0 Å². The van der Waals surface area contributed by atoms with E-state index in [4.69, 9.17) is 0 Å². The lowest BCUT2D eigenvalue weighted by atomic mass is 9.90. The van der Waals surface area contributed by atoms with Crippen LogP contribution in [0.4, 0.5) is 0 Å². The molecule has 0 unspecified atom stereocenters. The number of hydrogen-bond acceptors (Lipinski definition) is 3. The van der Waals surface area contributed by atoms with Gasteiger partial charge >= 0.3 is 0 Å². The molecule has 1 aromatic rings. The summed E-state index contributed by atoms with van der Waals surface area (Å²) in [5, 5.41) is 0. The van der Waals surface area contributed by atoms with Gasteiger partial charge in [0.25, 0.3) is 0 Å². The van der Waals surface area contributed by atoms with Crippen molar-refractivity contribution >= 4 is 5.91 Å². The molecule has 0 aromatic carbocycles. The molecule has 1 atom stereocenters. The molecule has 1 aliphatic heterocycles. The fourth-order valence-corrected chi connectivity index (χ4v) is 3.63. The van der Waals surface area contributed by atoms with E-state index in [9.17, 15) is 4.79 Å². The summed E-state index contributed by atoms with van der Waals surface area (Å²) in [5.41, 5.74) is 2.56. The minimum absolute atomic E-state index is 0.284. The highest BCUT2D eigenvalue weighted by molar-refractivity contribution is 5.82. The van der Waals surface area contributed by atoms with Crippen LogP contribution >= 0.6 is 0 Å². The molecule has 2 fully saturated rings. The summed E-state index contributed by atoms with van der Waals surface area (Å²) in [6.07, 6.45) is 3.41. The third-order valence-electron chi connectivity index (χ3n) is 5.11. The molecule has 1 saturated carbocycles. The molecule has 1 saturated heterocycles. The summed E-state index contributed by atoms with van der Waals surface area (Å²) in [5.74, 6) is 0.607. The van der Waals surface area contributed by atoms with Gasteiger partial charge < -0.3 is 4.90 Å². The number of pyridine rings is 1. The topological polar surface area (TPSA) is 36.4 Å². The van der Waals surface area contributed by atoms with Crippen molar-refractivity contribution in [1.29, 1.82) is 0 Å². The smallest absolute Gasteiger partial charge is 0.225 e. The summed E-state index contributed by atoms with van der Waals surface area (Å²) < 4.78 is 0. The highest BCUT2D eigenvalue weighted by Crippen LogP contribution is 2.59. The van der Waals surface area contributed by atoms with Crippen molar-refractivity contribution < 1.29 is 4.79 Å². The molecule has 1 amide bonds. The Balaban J connectivity index is 1.54. The third-order valence-corrected chi connectivity index (χ3v) is 5.11. The number of aromatic nitrogens is 1. The summed E-state index contributed by atoms with van der Waals surface area (Å²) in [4.78, 5) is 20.9. The van der Waals surface area contributed by atoms with Crippen molar-refractivity contribution in [3.05, 3.63) is 29.6 Å². The first-order valence-electron chi connectivity index (χ1n) is 7.86. The Kier molecular flexibility index (Phi) is 3.74. The number of piperidine rings is 1. The van der Waals surface area contributed by atoms with Crippen LogP contribution in [0.5, 0.6) is 0 Å². The van der Waals surface area contributed by atoms with Crippen LogP contribution in [0.15, 0.2) is 18.2 Å². The molecule has 4 nitrogen and oxygen atoms in total. The normalized spacial score (nSPS) is 24.0. The molecule has 0 N–H and O–H groups in total. The SMILES string of the molecule is Cc1cccc(CN2CCC3(CC2)C[C@H]3C(=O)N(C)C)n1. The quantitative estimate of drug-likeness (QED) is 0.854. The molecule has 1 aliphatic carbocycles. The Morgan fingerprint density at radius 1 is 1.38 bits per heavy atom. The van der Waals surface area contributed by atoms with Crippen LogP contribution in [0.3, 0.4) is 0 Å². The summed E-state index contributed by atoms with van der Waals surface area (Å²) >= 11 is 0. The van der Waals surface area contributed by atoms with Gasteiger partial charge in [0.2, 0.25) is 5.91 Å². The lowest BCUT2D eigenvalue weighted by molar-refractivity contribution is -0.131. The molecule has 1 aromatic heterocycles. The van der Waals surface area contributed by atoms with E-state index in [1.807, 2.05) is 27.1 Å². The molecule has 0 bridgehead atoms. The van der Waals surface area contributed by atoms with Crippen molar-refractivity contribution in [3.8, 4) is 0 Å². The number of amides is 1. The van der Waals surface area contributed by atoms with Crippen molar-refractivity contribution in [3.63, 3.8) is 0 Å². The Morgan fingerprint density at radius 2 is 2.10 bits per heavy atom. The van der Waals surface area contributed by atoms with Crippen LogP contribution in [-0.4, -0.2) is 47.9 Å². The van der Waals surface area contributed by atoms with Gasteiger partial charge in [-0.3, -0.25) is 14.7 Å². The van der Waals surface area contributed by atoms with Crippen molar-refractivity contribution in [1.82, 2.24) is 14.8 Å². The van der Waals surface area contributed by atoms with E-state index in [2.05, 4.69) is 22.0 Å². The second-order valence-electron chi connectivity index (χ2n) is 6.90. The maximum Gasteiger partial charge on any atom is 0.225 e. The Labute approximate surface area is 127 Å². The van der Waals surface area contributed by atoms with Crippen LogP contribution in [-0.2, 0) is 11.3 Å². The van der Waals surface area contributed by atoms with Crippen molar-refractivity contribution in [2.75, 3.05) is 27.2 Å². The number of rotatable bonds is 3. The molecular formula is C17H25N3O. The molecular weight excluding hydrogens is 262 g/mol. The fraction of sp³-hybridized carbons (Fsp3) is 0.647. The second kappa shape index (κ2) is 5.41. The van der Waals surface area contributed by atoms with Gasteiger partial charge in [-0.2, -0.15) is 0 Å². The van der Waals surface area contributed by atoms with Crippen molar-refractivity contribution in [2.45, 2.75) is 32.7 Å². The van der Waals surface area contributed by atoms with E-state index in [1.54, 1.807) is 4.90 Å². The van der Waals surface area contributed by atoms with Gasteiger partial charge in [0.05, 0.1) is 5.69 Å². The summed E-state index contributed by atoms with van der Waals surface area (Å²) in [6.45, 7) is 5.15. The number of hydrogen-bond donors (Lipinski definition) is 0. The Hall–Kier alpha value is -1.42. The Morgan fingerprint density at radius 3 is 2.71 bits per heavy atom. The average molecular weight is 287 g/mol. The monoisotopic (exact) mass is 287 g/mol. The lowest BCUT2D eigenvalue weighted by Crippen LogP contribution is -2.36. The van der Waals surface area contributed by atoms with Crippen LogP contribution in [0.25, 0.3) is 0 Å². The molecule has 4 heteroatoms. The third kappa shape index (κ3) is 2.95. The van der Waals surface area contributed by atoms with Gasteiger partial charge in [-0.15, -0.1) is 0 Å². The first-order chi connectivity index (χ1) is 10.00. The first-order valence-corrected chi connectivity index (χ1v) is 7.86. The second-order valence-corrected chi connectivity index (χ2v) is 6.90. The number of carbonyl (C=O) groups is 1. The molecule has 114 valence electrons. The number of carbonyl (C=O) groups excluding carboxylic acids is 1. The fourth-order valence-electron chi connectivity index (χ4n) is 3.63. The average Bonchev–Trinajstić information content (AvgIpc) is 3.15. The molecule has 21 heavy (non-hydrogen) atoms. The minimum Gasteiger partial charge on any atom is -0.349 e. The maximum absolute atomic E-state index is 12.1. The molecule has 1 spiro atoms. The van der Waals surface area contributed by atoms with Crippen molar-refractivity contribution in [2.24, 2.45) is 11.3 Å². The van der Waals surface area contributed by atoms with Gasteiger partial charge in [-0.05, 0) is 56.8 Å². The predicted molar refractivity (Wildman–Crippen MR) is 82.7 cm³/mol. The largest absolute Gasteiger partial charge is 0.349 e. The minimum atomic E-state index is 0.284. The van der Waals surface area contributed by atoms with Gasteiger partial charge in [0.1, 0.15) is 0 Å². The molecule has 2 aliphatic rings. The highest BCUT2D eigenvalue weighted by Gasteiger charge is 2.58. The molecule has 2 heterocycles. The zero-order valence-corrected chi connectivity index (χ0v) is 13.3. The Bertz CT molecular complexity index is 533. The number of nitrogens with zero attached hydrogens (tertiary/aromatic N) is 3. The summed E-state index contributed by atoms with van der Waals surface area (Å²) in [6, 6.07) is 6.22.